The first-order valence-corrected chi connectivity index (χ1v) is 10.4. The number of nitrogens with one attached hydrogen (secondary N) is 2. The van der Waals surface area contributed by atoms with Gasteiger partial charge in [0.2, 0.25) is 0 Å². The first kappa shape index (κ1) is 24.1. The summed E-state index contributed by atoms with van der Waals surface area (Å²) in [6.45, 7) is 0.0488. The Hall–Kier alpha value is -3.56. The maximum atomic E-state index is 13.2. The van der Waals surface area contributed by atoms with Gasteiger partial charge in [0.25, 0.3) is 11.8 Å². The van der Waals surface area contributed by atoms with Gasteiger partial charge >= 0.3 is 5.97 Å². The minimum Gasteiger partial charge on any atom is -0.490 e. The summed E-state index contributed by atoms with van der Waals surface area (Å²) in [5, 5.41) is 14.0. The molecule has 3 N–H and O–H groups in total. The van der Waals surface area contributed by atoms with Crippen LogP contribution in [0, 0.1) is 23.4 Å². The molecule has 2 aromatic rings. The van der Waals surface area contributed by atoms with Gasteiger partial charge in [-0.05, 0) is 62.1 Å². The fourth-order valence-corrected chi connectivity index (χ4v) is 3.55. The summed E-state index contributed by atoms with van der Waals surface area (Å²) < 4.78 is 45.2. The largest absolute Gasteiger partial charge is 0.490 e. The number of aliphatic carboxylic acids is 1. The maximum absolute atomic E-state index is 13.2. The zero-order valence-electron chi connectivity index (χ0n) is 17.6. The molecule has 1 aliphatic rings. The van der Waals surface area contributed by atoms with Crippen molar-refractivity contribution in [3.8, 4) is 5.75 Å². The van der Waals surface area contributed by atoms with Gasteiger partial charge in [-0.25, -0.2) is 13.2 Å². The molecule has 33 heavy (non-hydrogen) atoms. The average molecular weight is 464 g/mol. The number of benzene rings is 2. The van der Waals surface area contributed by atoms with Crippen LogP contribution in [0.5, 0.6) is 5.75 Å². The lowest BCUT2D eigenvalue weighted by Gasteiger charge is -2.26. The molecular formula is C23H23F3N2O5. The van der Waals surface area contributed by atoms with E-state index in [4.69, 9.17) is 9.84 Å². The molecule has 2 aromatic carbocycles. The number of carboxylic acids is 1. The predicted molar refractivity (Wildman–Crippen MR) is 111 cm³/mol. The molecule has 176 valence electrons. The highest BCUT2D eigenvalue weighted by Gasteiger charge is 2.26. The van der Waals surface area contributed by atoms with Crippen LogP contribution < -0.4 is 15.4 Å². The number of carbonyl (C=O) groups is 3. The van der Waals surface area contributed by atoms with Crippen molar-refractivity contribution < 1.29 is 37.4 Å². The van der Waals surface area contributed by atoms with Crippen molar-refractivity contribution in [2.75, 3.05) is 13.1 Å². The minimum atomic E-state index is -1.65. The molecule has 1 fully saturated rings. The molecule has 3 rings (SSSR count). The molecule has 10 heteroatoms. The van der Waals surface area contributed by atoms with Gasteiger partial charge in [-0.15, -0.1) is 0 Å². The Labute approximate surface area is 187 Å². The molecule has 0 aliphatic heterocycles. The highest BCUT2D eigenvalue weighted by atomic mass is 19.2. The minimum absolute atomic E-state index is 0.00853. The summed E-state index contributed by atoms with van der Waals surface area (Å²) in [7, 11) is 0. The second-order valence-electron chi connectivity index (χ2n) is 7.72. The number of amides is 2. The smallest absolute Gasteiger partial charge is 0.306 e. The van der Waals surface area contributed by atoms with Gasteiger partial charge in [0.1, 0.15) is 5.75 Å². The number of ether oxygens (including phenoxy) is 1. The van der Waals surface area contributed by atoms with Crippen LogP contribution in [0.15, 0.2) is 36.4 Å². The molecule has 0 bridgehead atoms. The molecular weight excluding hydrogens is 441 g/mol. The number of hydrogen-bond donors (Lipinski definition) is 3. The topological polar surface area (TPSA) is 105 Å². The van der Waals surface area contributed by atoms with Gasteiger partial charge in [-0.1, -0.05) is 0 Å². The number of carboxylic acid groups (broad SMARTS) is 1. The Morgan fingerprint density at radius 3 is 1.88 bits per heavy atom. The van der Waals surface area contributed by atoms with E-state index in [9.17, 15) is 27.6 Å². The van der Waals surface area contributed by atoms with E-state index in [0.717, 1.165) is 0 Å². The van der Waals surface area contributed by atoms with Crippen LogP contribution in [0.4, 0.5) is 13.2 Å². The van der Waals surface area contributed by atoms with Crippen molar-refractivity contribution >= 4 is 17.8 Å². The van der Waals surface area contributed by atoms with E-state index in [1.54, 1.807) is 24.3 Å². The summed E-state index contributed by atoms with van der Waals surface area (Å²) in [4.78, 5) is 35.1. The van der Waals surface area contributed by atoms with Crippen LogP contribution >= 0.6 is 0 Å². The quantitative estimate of drug-likeness (QED) is 0.411. The SMILES string of the molecule is O=C(NCCNC(=O)c1cc(F)c(F)c(F)c1)c1ccc(O[C@H]2CC[C@@H](C(=O)O)CC2)cc1. The van der Waals surface area contributed by atoms with Crippen molar-refractivity contribution in [1.29, 1.82) is 0 Å². The van der Waals surface area contributed by atoms with Crippen molar-refractivity contribution in [1.82, 2.24) is 10.6 Å². The van der Waals surface area contributed by atoms with Gasteiger partial charge in [-0.2, -0.15) is 0 Å². The van der Waals surface area contributed by atoms with Crippen LogP contribution in [-0.4, -0.2) is 42.1 Å². The van der Waals surface area contributed by atoms with E-state index in [1.165, 1.54) is 0 Å². The molecule has 2 amide bonds. The highest BCUT2D eigenvalue weighted by Crippen LogP contribution is 2.28. The molecule has 0 spiro atoms. The van der Waals surface area contributed by atoms with Crippen molar-refractivity contribution in [2.24, 2.45) is 5.92 Å². The number of carbonyl (C=O) groups excluding carboxylic acids is 2. The Morgan fingerprint density at radius 2 is 1.36 bits per heavy atom. The number of halogens is 3. The van der Waals surface area contributed by atoms with Crippen molar-refractivity contribution in [2.45, 2.75) is 31.8 Å². The Balaban J connectivity index is 1.41. The number of hydrogen-bond acceptors (Lipinski definition) is 4. The first-order chi connectivity index (χ1) is 15.7. The van der Waals surface area contributed by atoms with Gasteiger partial charge in [0.15, 0.2) is 17.5 Å². The zero-order valence-corrected chi connectivity index (χ0v) is 17.6. The van der Waals surface area contributed by atoms with Crippen LogP contribution in [0.1, 0.15) is 46.4 Å². The van der Waals surface area contributed by atoms with Crippen LogP contribution in [0.25, 0.3) is 0 Å². The highest BCUT2D eigenvalue weighted by molar-refractivity contribution is 5.95. The lowest BCUT2D eigenvalue weighted by molar-refractivity contribution is -0.143. The summed E-state index contributed by atoms with van der Waals surface area (Å²) in [6.07, 6.45) is 2.39. The van der Waals surface area contributed by atoms with E-state index < -0.39 is 35.2 Å². The molecule has 0 radical (unpaired) electrons. The summed E-state index contributed by atoms with van der Waals surface area (Å²) >= 11 is 0. The molecule has 0 heterocycles. The fourth-order valence-electron chi connectivity index (χ4n) is 3.55. The normalized spacial score (nSPS) is 17.8. The first-order valence-electron chi connectivity index (χ1n) is 10.4. The van der Waals surface area contributed by atoms with Gasteiger partial charge in [0, 0.05) is 24.2 Å². The summed E-state index contributed by atoms with van der Waals surface area (Å²) in [5.74, 6) is -6.29. The second-order valence-corrected chi connectivity index (χ2v) is 7.72. The predicted octanol–water partition coefficient (Wildman–Crippen LogP) is 3.29. The second kappa shape index (κ2) is 10.8. The Bertz CT molecular complexity index is 998. The monoisotopic (exact) mass is 464 g/mol. The summed E-state index contributed by atoms with van der Waals surface area (Å²) in [6, 6.07) is 7.64. The maximum Gasteiger partial charge on any atom is 0.306 e. The molecule has 1 saturated carbocycles. The third kappa shape index (κ3) is 6.47. The molecule has 7 nitrogen and oxygen atoms in total. The lowest BCUT2D eigenvalue weighted by atomic mass is 9.87. The Morgan fingerprint density at radius 1 is 0.848 bits per heavy atom. The number of rotatable bonds is 8. The van der Waals surface area contributed by atoms with Crippen molar-refractivity contribution in [3.63, 3.8) is 0 Å². The van der Waals surface area contributed by atoms with E-state index in [1.807, 2.05) is 0 Å². The van der Waals surface area contributed by atoms with E-state index in [2.05, 4.69) is 10.6 Å². The van der Waals surface area contributed by atoms with Gasteiger partial charge in [-0.3, -0.25) is 14.4 Å². The molecule has 0 aromatic heterocycles. The molecule has 0 atom stereocenters. The van der Waals surface area contributed by atoms with E-state index >= 15 is 0 Å². The van der Waals surface area contributed by atoms with Crippen molar-refractivity contribution in [3.05, 3.63) is 65.0 Å². The lowest BCUT2D eigenvalue weighted by Crippen LogP contribution is -2.34. The van der Waals surface area contributed by atoms with Gasteiger partial charge < -0.3 is 20.5 Å². The van der Waals surface area contributed by atoms with Crippen LogP contribution in [-0.2, 0) is 4.79 Å². The Kier molecular flexibility index (Phi) is 7.92. The molecule has 0 unspecified atom stereocenters. The standard InChI is InChI=1S/C23H23F3N2O5/c24-18-11-15(12-19(25)20(18)26)22(30)28-10-9-27-21(29)13-1-5-16(6-2-13)33-17-7-3-14(4-8-17)23(31)32/h1-2,5-6,11-12,14,17H,3-4,7-10H2,(H,27,29)(H,28,30)(H,31,32)/t14-,17+. The fraction of sp³-hybridized carbons (Fsp3) is 0.348. The molecule has 1 aliphatic carbocycles. The van der Waals surface area contributed by atoms with Crippen LogP contribution in [0.3, 0.4) is 0 Å². The third-order valence-corrected chi connectivity index (χ3v) is 5.38. The van der Waals surface area contributed by atoms with Crippen LogP contribution in [0.2, 0.25) is 0 Å². The van der Waals surface area contributed by atoms with E-state index in [0.29, 0.717) is 49.1 Å². The van der Waals surface area contributed by atoms with Gasteiger partial charge in [0.05, 0.1) is 12.0 Å². The van der Waals surface area contributed by atoms with E-state index in [-0.39, 0.29) is 30.7 Å². The third-order valence-electron chi connectivity index (χ3n) is 5.38. The zero-order chi connectivity index (χ0) is 24.0. The molecule has 0 saturated heterocycles. The average Bonchev–Trinajstić information content (AvgIpc) is 2.80. The summed E-state index contributed by atoms with van der Waals surface area (Å²) in [5.41, 5.74) is -0.00398.